The van der Waals surface area contributed by atoms with Crippen molar-refractivity contribution in [3.8, 4) is 0 Å². The van der Waals surface area contributed by atoms with Crippen LogP contribution in [-0.4, -0.2) is 41.4 Å². The summed E-state index contributed by atoms with van der Waals surface area (Å²) in [5.74, 6) is -1.35. The van der Waals surface area contributed by atoms with Crippen molar-refractivity contribution in [3.63, 3.8) is 0 Å². The molecule has 2 aromatic carbocycles. The second-order valence-corrected chi connectivity index (χ2v) is 9.94. The summed E-state index contributed by atoms with van der Waals surface area (Å²) in [7, 11) is 0. The first-order valence-corrected chi connectivity index (χ1v) is 11.9. The molecule has 0 saturated carbocycles. The average Bonchev–Trinajstić information content (AvgIpc) is 3.03. The van der Waals surface area contributed by atoms with Crippen LogP contribution in [0, 0.1) is 5.82 Å². The Labute approximate surface area is 208 Å². The second-order valence-electron chi connectivity index (χ2n) is 9.53. The van der Waals surface area contributed by atoms with Gasteiger partial charge in [0.1, 0.15) is 18.1 Å². The van der Waals surface area contributed by atoms with E-state index in [-0.39, 0.29) is 17.2 Å². The third-order valence-corrected chi connectivity index (χ3v) is 6.84. The summed E-state index contributed by atoms with van der Waals surface area (Å²) in [5, 5.41) is 5.54. The number of fused-ring (bicyclic) bond motifs is 1. The van der Waals surface area contributed by atoms with Crippen LogP contribution in [0.2, 0.25) is 5.02 Å². The van der Waals surface area contributed by atoms with Crippen molar-refractivity contribution in [3.05, 3.63) is 64.1 Å². The minimum Gasteiger partial charge on any atom is -0.366 e. The second kappa shape index (κ2) is 9.34. The Bertz CT molecular complexity index is 1230. The van der Waals surface area contributed by atoms with Crippen LogP contribution in [-0.2, 0) is 9.59 Å². The number of hydrogen-bond acceptors (Lipinski definition) is 4. The van der Waals surface area contributed by atoms with Gasteiger partial charge in [-0.1, -0.05) is 18.5 Å². The van der Waals surface area contributed by atoms with Crippen LogP contribution in [0.15, 0.2) is 42.1 Å². The van der Waals surface area contributed by atoms with E-state index in [1.165, 1.54) is 24.3 Å². The third kappa shape index (κ3) is 4.89. The number of hydrogen-bond donors (Lipinski definition) is 2. The van der Waals surface area contributed by atoms with Crippen LogP contribution >= 0.6 is 11.6 Å². The van der Waals surface area contributed by atoms with E-state index in [1.54, 1.807) is 6.08 Å². The number of halogens is 2. The Balaban J connectivity index is 1.55. The molecule has 7 nitrogen and oxygen atoms in total. The molecule has 2 aliphatic rings. The van der Waals surface area contributed by atoms with E-state index in [9.17, 15) is 18.8 Å². The van der Waals surface area contributed by atoms with Gasteiger partial charge in [-0.2, -0.15) is 0 Å². The third-order valence-electron chi connectivity index (χ3n) is 6.51. The van der Waals surface area contributed by atoms with Gasteiger partial charge >= 0.3 is 6.03 Å². The van der Waals surface area contributed by atoms with Gasteiger partial charge in [0.25, 0.3) is 5.91 Å². The molecule has 2 aliphatic heterocycles. The van der Waals surface area contributed by atoms with Gasteiger partial charge in [0.05, 0.1) is 0 Å². The summed E-state index contributed by atoms with van der Waals surface area (Å²) in [6.45, 7) is 9.07. The molecule has 184 valence electrons. The Morgan fingerprint density at radius 1 is 1.26 bits per heavy atom. The van der Waals surface area contributed by atoms with E-state index in [2.05, 4.69) is 43.2 Å². The molecule has 35 heavy (non-hydrogen) atoms. The van der Waals surface area contributed by atoms with E-state index in [0.717, 1.165) is 29.1 Å². The first kappa shape index (κ1) is 24.7. The maximum atomic E-state index is 13.1. The number of carbonyl (C=O) groups excluding carboxylic acids is 3. The first-order valence-electron chi connectivity index (χ1n) is 11.5. The molecule has 1 saturated heterocycles. The van der Waals surface area contributed by atoms with E-state index < -0.39 is 30.2 Å². The minimum absolute atomic E-state index is 0.00510. The number of benzene rings is 2. The zero-order valence-corrected chi connectivity index (χ0v) is 20.9. The lowest BCUT2D eigenvalue weighted by atomic mass is 9.79. The fourth-order valence-electron chi connectivity index (χ4n) is 4.98. The van der Waals surface area contributed by atoms with Crippen molar-refractivity contribution in [1.82, 2.24) is 10.2 Å². The van der Waals surface area contributed by atoms with Crippen molar-refractivity contribution in [2.24, 2.45) is 0 Å². The van der Waals surface area contributed by atoms with Crippen LogP contribution in [0.4, 0.5) is 20.6 Å². The summed E-state index contributed by atoms with van der Waals surface area (Å²) in [6, 6.07) is 8.38. The van der Waals surface area contributed by atoms with E-state index >= 15 is 0 Å². The van der Waals surface area contributed by atoms with Crippen molar-refractivity contribution in [2.45, 2.75) is 45.6 Å². The summed E-state index contributed by atoms with van der Waals surface area (Å²) < 4.78 is 13.1. The summed E-state index contributed by atoms with van der Waals surface area (Å²) in [4.78, 5) is 40.8. The lowest BCUT2D eigenvalue weighted by Gasteiger charge is -2.47. The molecule has 0 radical (unpaired) electrons. The number of nitrogens with zero attached hydrogens (tertiary/aromatic N) is 2. The summed E-state index contributed by atoms with van der Waals surface area (Å²) in [6.07, 6.45) is 2.52. The number of imide groups is 1. The standard InChI is InChI=1S/C26H28ClFN4O3/c1-5-32-22-12-20(27)16(10-19(22)15(2)13-26(32,3)4)11-21-24(34)31(25(35)30-21)14-23(33)29-18-8-6-17(28)7-9-18/h6-12,15H,5,13-14H2,1-4H3,(H,29,33)(H,30,35)/b21-11+. The van der Waals surface area contributed by atoms with Gasteiger partial charge in [-0.3, -0.25) is 9.59 Å². The highest BCUT2D eigenvalue weighted by Gasteiger charge is 2.37. The predicted octanol–water partition coefficient (Wildman–Crippen LogP) is 5.12. The van der Waals surface area contributed by atoms with Crippen LogP contribution in [0.1, 0.15) is 51.2 Å². The molecule has 1 atom stereocenters. The molecule has 0 aromatic heterocycles. The van der Waals surface area contributed by atoms with E-state index in [0.29, 0.717) is 16.3 Å². The van der Waals surface area contributed by atoms with Crippen molar-refractivity contribution in [1.29, 1.82) is 0 Å². The summed E-state index contributed by atoms with van der Waals surface area (Å²) in [5.41, 5.74) is 3.23. The highest BCUT2D eigenvalue weighted by molar-refractivity contribution is 6.32. The zero-order valence-electron chi connectivity index (χ0n) is 20.1. The van der Waals surface area contributed by atoms with Crippen molar-refractivity contribution >= 4 is 46.9 Å². The quantitative estimate of drug-likeness (QED) is 0.442. The summed E-state index contributed by atoms with van der Waals surface area (Å²) >= 11 is 6.61. The molecule has 1 fully saturated rings. The first-order chi connectivity index (χ1) is 16.5. The number of anilines is 2. The fourth-order valence-corrected chi connectivity index (χ4v) is 5.19. The highest BCUT2D eigenvalue weighted by atomic mass is 35.5. The number of rotatable bonds is 5. The average molecular weight is 499 g/mol. The van der Waals surface area contributed by atoms with Gasteiger partial charge in [0.2, 0.25) is 5.91 Å². The number of carbonyl (C=O) groups is 3. The van der Waals surface area contributed by atoms with Gasteiger partial charge in [-0.25, -0.2) is 14.1 Å². The topological polar surface area (TPSA) is 81.8 Å². The Morgan fingerprint density at radius 2 is 1.94 bits per heavy atom. The Morgan fingerprint density at radius 3 is 2.60 bits per heavy atom. The van der Waals surface area contributed by atoms with Crippen LogP contribution in [0.25, 0.3) is 6.08 Å². The molecule has 9 heteroatoms. The molecule has 4 rings (SSSR count). The maximum Gasteiger partial charge on any atom is 0.329 e. The molecular weight excluding hydrogens is 471 g/mol. The Kier molecular flexibility index (Phi) is 6.60. The predicted molar refractivity (Wildman–Crippen MR) is 135 cm³/mol. The molecule has 0 aliphatic carbocycles. The monoisotopic (exact) mass is 498 g/mol. The maximum absolute atomic E-state index is 13.1. The lowest BCUT2D eigenvalue weighted by Crippen LogP contribution is -2.48. The molecule has 1 unspecified atom stereocenters. The molecule has 2 aromatic rings. The molecule has 4 amide bonds. The normalized spacial score (nSPS) is 20.2. The SMILES string of the molecule is CCN1c2cc(Cl)c(/C=C3/NC(=O)N(CC(=O)Nc4ccc(F)cc4)C3=O)cc2C(C)CC1(C)C. The minimum atomic E-state index is -0.697. The van der Waals surface area contributed by atoms with Crippen molar-refractivity contribution in [2.75, 3.05) is 23.3 Å². The van der Waals surface area contributed by atoms with E-state index in [1.807, 2.05) is 12.1 Å². The van der Waals surface area contributed by atoms with Crippen molar-refractivity contribution < 1.29 is 18.8 Å². The lowest BCUT2D eigenvalue weighted by molar-refractivity contribution is -0.127. The molecule has 2 heterocycles. The fraction of sp³-hybridized carbons (Fsp3) is 0.346. The van der Waals surface area contributed by atoms with Gasteiger partial charge in [-0.05, 0) is 86.7 Å². The molecular formula is C26H28ClFN4O3. The largest absolute Gasteiger partial charge is 0.366 e. The smallest absolute Gasteiger partial charge is 0.329 e. The highest BCUT2D eigenvalue weighted by Crippen LogP contribution is 2.45. The number of urea groups is 1. The molecule has 0 bridgehead atoms. The molecule has 2 N–H and O–H groups in total. The number of nitrogens with one attached hydrogen (secondary N) is 2. The van der Waals surface area contributed by atoms with Gasteiger partial charge < -0.3 is 15.5 Å². The van der Waals surface area contributed by atoms with Crippen LogP contribution in [0.5, 0.6) is 0 Å². The van der Waals surface area contributed by atoms with Crippen LogP contribution < -0.4 is 15.5 Å². The van der Waals surface area contributed by atoms with E-state index in [4.69, 9.17) is 11.6 Å². The molecule has 0 spiro atoms. The van der Waals surface area contributed by atoms with Gasteiger partial charge in [0.15, 0.2) is 0 Å². The zero-order chi connectivity index (χ0) is 25.5. The Hall–Kier alpha value is -3.39. The van der Waals surface area contributed by atoms with Crippen LogP contribution in [0.3, 0.4) is 0 Å². The number of amides is 4. The van der Waals surface area contributed by atoms with Gasteiger partial charge in [-0.15, -0.1) is 0 Å². The van der Waals surface area contributed by atoms with Gasteiger partial charge in [0, 0.05) is 28.5 Å².